The Bertz CT molecular complexity index is 460. The molecule has 4 heteroatoms. The molecule has 0 bridgehead atoms. The lowest BCUT2D eigenvalue weighted by Crippen LogP contribution is -2.14. The normalized spacial score (nSPS) is 13.8. The van der Waals surface area contributed by atoms with Crippen LogP contribution in [0.3, 0.4) is 0 Å². The Morgan fingerprint density at radius 3 is 2.86 bits per heavy atom. The Labute approximate surface area is 90.2 Å². The van der Waals surface area contributed by atoms with Gasteiger partial charge in [0.25, 0.3) is 0 Å². The smallest absolute Gasteiger partial charge is 0.199 e. The SMILES string of the molecule is CN(C)c1cc(=O)c2c(o1)C(Br)=CC2. The summed E-state index contributed by atoms with van der Waals surface area (Å²) in [4.78, 5) is 13.4. The van der Waals surface area contributed by atoms with Crippen molar-refractivity contribution in [3.05, 3.63) is 33.7 Å². The van der Waals surface area contributed by atoms with Crippen LogP contribution in [0.25, 0.3) is 4.48 Å². The molecule has 0 saturated carbocycles. The zero-order valence-electron chi connectivity index (χ0n) is 8.00. The number of hydrogen-bond acceptors (Lipinski definition) is 3. The maximum absolute atomic E-state index is 11.6. The van der Waals surface area contributed by atoms with Gasteiger partial charge in [-0.15, -0.1) is 0 Å². The highest BCUT2D eigenvalue weighted by molar-refractivity contribution is 9.15. The largest absolute Gasteiger partial charge is 0.439 e. The van der Waals surface area contributed by atoms with Crippen LogP contribution in [0.2, 0.25) is 0 Å². The molecule has 0 saturated heterocycles. The molecule has 0 amide bonds. The van der Waals surface area contributed by atoms with Gasteiger partial charge >= 0.3 is 0 Å². The molecule has 0 aromatic carbocycles. The van der Waals surface area contributed by atoms with Crippen molar-refractivity contribution >= 4 is 26.3 Å². The molecule has 1 heterocycles. The molecule has 0 atom stereocenters. The molecule has 74 valence electrons. The van der Waals surface area contributed by atoms with Crippen LogP contribution < -0.4 is 10.3 Å². The summed E-state index contributed by atoms with van der Waals surface area (Å²) in [7, 11) is 3.69. The van der Waals surface area contributed by atoms with Gasteiger partial charge in [0, 0.05) is 25.7 Å². The van der Waals surface area contributed by atoms with Gasteiger partial charge in [-0.1, -0.05) is 6.08 Å². The molecule has 1 aromatic rings. The third-order valence-electron chi connectivity index (χ3n) is 2.18. The number of anilines is 1. The van der Waals surface area contributed by atoms with Crippen molar-refractivity contribution in [2.75, 3.05) is 19.0 Å². The van der Waals surface area contributed by atoms with Crippen molar-refractivity contribution in [1.82, 2.24) is 0 Å². The van der Waals surface area contributed by atoms with E-state index in [1.807, 2.05) is 20.2 Å². The van der Waals surface area contributed by atoms with Crippen molar-refractivity contribution in [2.24, 2.45) is 0 Å². The minimum atomic E-state index is 0.0423. The van der Waals surface area contributed by atoms with Crippen LogP contribution in [-0.4, -0.2) is 14.1 Å². The van der Waals surface area contributed by atoms with Gasteiger partial charge in [0.15, 0.2) is 17.1 Å². The van der Waals surface area contributed by atoms with Crippen LogP contribution >= 0.6 is 15.9 Å². The molecule has 0 unspecified atom stereocenters. The first-order valence-corrected chi connectivity index (χ1v) is 5.09. The Kier molecular flexibility index (Phi) is 2.23. The number of rotatable bonds is 1. The molecular weight excluding hydrogens is 246 g/mol. The van der Waals surface area contributed by atoms with Gasteiger partial charge in [-0.25, -0.2) is 0 Å². The number of nitrogens with zero attached hydrogens (tertiary/aromatic N) is 1. The average Bonchev–Trinajstić information content (AvgIpc) is 2.48. The van der Waals surface area contributed by atoms with E-state index in [4.69, 9.17) is 4.42 Å². The average molecular weight is 256 g/mol. The van der Waals surface area contributed by atoms with E-state index < -0.39 is 0 Å². The summed E-state index contributed by atoms with van der Waals surface area (Å²) in [6, 6.07) is 1.53. The van der Waals surface area contributed by atoms with E-state index >= 15 is 0 Å². The topological polar surface area (TPSA) is 33.5 Å². The molecule has 0 radical (unpaired) electrons. The number of hydrogen-bond donors (Lipinski definition) is 0. The van der Waals surface area contributed by atoms with E-state index in [1.54, 1.807) is 4.90 Å². The Morgan fingerprint density at radius 1 is 1.50 bits per heavy atom. The second-order valence-corrected chi connectivity index (χ2v) is 4.26. The fraction of sp³-hybridized carbons (Fsp3) is 0.300. The maximum Gasteiger partial charge on any atom is 0.199 e. The van der Waals surface area contributed by atoms with Crippen molar-refractivity contribution in [3.63, 3.8) is 0 Å². The standard InChI is InChI=1S/C10H10BrNO2/c1-12(2)9-5-8(13)6-3-4-7(11)10(6)14-9/h4-5H,3H2,1-2H3. The minimum Gasteiger partial charge on any atom is -0.439 e. The zero-order valence-corrected chi connectivity index (χ0v) is 9.59. The van der Waals surface area contributed by atoms with E-state index in [0.717, 1.165) is 10.0 Å². The van der Waals surface area contributed by atoms with Crippen molar-refractivity contribution < 1.29 is 4.42 Å². The summed E-state index contributed by atoms with van der Waals surface area (Å²) >= 11 is 3.36. The summed E-state index contributed by atoms with van der Waals surface area (Å²) in [6.45, 7) is 0. The fourth-order valence-electron chi connectivity index (χ4n) is 1.40. The predicted octanol–water partition coefficient (Wildman–Crippen LogP) is 2.00. The Morgan fingerprint density at radius 2 is 2.21 bits per heavy atom. The van der Waals surface area contributed by atoms with Gasteiger partial charge in [0.1, 0.15) is 0 Å². The molecule has 1 aromatic heterocycles. The van der Waals surface area contributed by atoms with Gasteiger partial charge < -0.3 is 9.32 Å². The van der Waals surface area contributed by atoms with Crippen molar-refractivity contribution in [2.45, 2.75) is 6.42 Å². The zero-order chi connectivity index (χ0) is 10.3. The first-order valence-electron chi connectivity index (χ1n) is 4.30. The molecule has 2 rings (SSSR count). The van der Waals surface area contributed by atoms with Crippen LogP contribution in [0, 0.1) is 0 Å². The van der Waals surface area contributed by atoms with Gasteiger partial charge in [0.05, 0.1) is 4.48 Å². The molecule has 0 N–H and O–H groups in total. The second-order valence-electron chi connectivity index (χ2n) is 3.41. The van der Waals surface area contributed by atoms with Crippen molar-refractivity contribution in [3.8, 4) is 0 Å². The summed E-state index contributed by atoms with van der Waals surface area (Å²) in [5, 5.41) is 0. The highest BCUT2D eigenvalue weighted by Gasteiger charge is 2.19. The molecule has 1 aliphatic carbocycles. The summed E-state index contributed by atoms with van der Waals surface area (Å²) in [5.41, 5.74) is 0.781. The fourth-order valence-corrected chi connectivity index (χ4v) is 1.88. The summed E-state index contributed by atoms with van der Waals surface area (Å²) in [6.07, 6.45) is 2.60. The first-order chi connectivity index (χ1) is 6.59. The van der Waals surface area contributed by atoms with Crippen LogP contribution in [0.5, 0.6) is 0 Å². The van der Waals surface area contributed by atoms with Gasteiger partial charge in [-0.05, 0) is 22.4 Å². The molecular formula is C10H10BrNO2. The molecule has 0 aliphatic heterocycles. The van der Waals surface area contributed by atoms with Crippen LogP contribution in [0.4, 0.5) is 5.88 Å². The second kappa shape index (κ2) is 3.28. The first kappa shape index (κ1) is 9.52. The highest BCUT2D eigenvalue weighted by Crippen LogP contribution is 2.31. The highest BCUT2D eigenvalue weighted by atomic mass is 79.9. The number of fused-ring (bicyclic) bond motifs is 1. The van der Waals surface area contributed by atoms with E-state index in [1.165, 1.54) is 6.07 Å². The lowest BCUT2D eigenvalue weighted by atomic mass is 10.2. The molecule has 0 spiro atoms. The van der Waals surface area contributed by atoms with Crippen molar-refractivity contribution in [1.29, 1.82) is 0 Å². The quantitative estimate of drug-likeness (QED) is 0.770. The Balaban J connectivity index is 2.63. The number of halogens is 1. The van der Waals surface area contributed by atoms with E-state index in [0.29, 0.717) is 18.1 Å². The number of allylic oxidation sites excluding steroid dienone is 1. The summed E-state index contributed by atoms with van der Waals surface area (Å²) in [5.74, 6) is 1.25. The van der Waals surface area contributed by atoms with Gasteiger partial charge in [0.2, 0.25) is 0 Å². The van der Waals surface area contributed by atoms with Crippen LogP contribution in [0.15, 0.2) is 21.4 Å². The van der Waals surface area contributed by atoms with Gasteiger partial charge in [-0.3, -0.25) is 4.79 Å². The van der Waals surface area contributed by atoms with E-state index in [2.05, 4.69) is 15.9 Å². The molecule has 1 aliphatic rings. The van der Waals surface area contributed by atoms with Crippen LogP contribution in [-0.2, 0) is 6.42 Å². The lowest BCUT2D eigenvalue weighted by Gasteiger charge is -2.11. The Hall–Kier alpha value is -1.03. The lowest BCUT2D eigenvalue weighted by molar-refractivity contribution is 0.533. The maximum atomic E-state index is 11.6. The third-order valence-corrected chi connectivity index (χ3v) is 2.86. The monoisotopic (exact) mass is 255 g/mol. The van der Waals surface area contributed by atoms with Gasteiger partial charge in [-0.2, -0.15) is 0 Å². The van der Waals surface area contributed by atoms with E-state index in [-0.39, 0.29) is 5.43 Å². The molecule has 3 nitrogen and oxygen atoms in total. The predicted molar refractivity (Wildman–Crippen MR) is 59.9 cm³/mol. The molecule has 0 fully saturated rings. The third kappa shape index (κ3) is 1.39. The minimum absolute atomic E-state index is 0.0423. The summed E-state index contributed by atoms with van der Waals surface area (Å²) < 4.78 is 6.45. The van der Waals surface area contributed by atoms with Crippen LogP contribution in [0.1, 0.15) is 11.3 Å². The van der Waals surface area contributed by atoms with E-state index in [9.17, 15) is 4.79 Å². The molecule has 14 heavy (non-hydrogen) atoms.